The fourth-order valence-corrected chi connectivity index (χ4v) is 3.18. The summed E-state index contributed by atoms with van der Waals surface area (Å²) in [7, 11) is 0. The third kappa shape index (κ3) is 3.37. The van der Waals surface area contributed by atoms with Gasteiger partial charge in [-0.2, -0.15) is 0 Å². The van der Waals surface area contributed by atoms with Gasteiger partial charge in [0.1, 0.15) is 0 Å². The normalized spacial score (nSPS) is 11.3. The minimum atomic E-state index is -0.956. The maximum Gasteiger partial charge on any atom is 0.328 e. The van der Waals surface area contributed by atoms with Gasteiger partial charge < -0.3 is 10.4 Å². The number of aryl methyl sites for hydroxylation is 1. The number of aliphatic carboxylic acids is 1. The molecular weight excluding hydrogens is 336 g/mol. The van der Waals surface area contributed by atoms with Gasteiger partial charge in [0.25, 0.3) is 0 Å². The number of fused-ring (bicyclic) bond motifs is 2. The summed E-state index contributed by atoms with van der Waals surface area (Å²) in [5, 5.41) is 14.4. The second-order valence-corrected chi connectivity index (χ2v) is 6.39. The number of benzene rings is 3. The van der Waals surface area contributed by atoms with E-state index in [1.807, 2.05) is 48.5 Å². The minimum absolute atomic E-state index is 0.836. The first-order valence-electron chi connectivity index (χ1n) is 8.68. The zero-order valence-corrected chi connectivity index (χ0v) is 14.8. The molecule has 0 unspecified atom stereocenters. The van der Waals surface area contributed by atoms with Crippen LogP contribution in [0.2, 0.25) is 0 Å². The van der Waals surface area contributed by atoms with Gasteiger partial charge in [-0.05, 0) is 42.3 Å². The molecule has 0 saturated heterocycles. The molecule has 0 fully saturated rings. The number of rotatable bonds is 4. The molecule has 132 valence electrons. The lowest BCUT2D eigenvalue weighted by atomic mass is 10.0. The zero-order valence-electron chi connectivity index (χ0n) is 14.8. The van der Waals surface area contributed by atoms with Crippen LogP contribution in [0.1, 0.15) is 11.1 Å². The molecule has 1 aromatic heterocycles. The highest BCUT2D eigenvalue weighted by Gasteiger charge is 2.10. The van der Waals surface area contributed by atoms with Gasteiger partial charge in [0.05, 0.1) is 16.7 Å². The van der Waals surface area contributed by atoms with Gasteiger partial charge in [-0.15, -0.1) is 0 Å². The molecule has 0 bridgehead atoms. The zero-order chi connectivity index (χ0) is 18.8. The number of nitrogens with one attached hydrogen (secondary N) is 1. The van der Waals surface area contributed by atoms with Crippen LogP contribution in [0.25, 0.3) is 27.9 Å². The number of pyridine rings is 1. The first-order valence-corrected chi connectivity index (χ1v) is 8.68. The van der Waals surface area contributed by atoms with Gasteiger partial charge in [0.2, 0.25) is 0 Å². The van der Waals surface area contributed by atoms with E-state index < -0.39 is 5.97 Å². The molecule has 0 saturated carbocycles. The Kier molecular flexibility index (Phi) is 4.30. The average molecular weight is 354 g/mol. The van der Waals surface area contributed by atoms with Crippen LogP contribution >= 0.6 is 0 Å². The number of hydrogen-bond acceptors (Lipinski definition) is 3. The molecule has 0 atom stereocenters. The Bertz CT molecular complexity index is 1180. The van der Waals surface area contributed by atoms with Crippen LogP contribution in [0, 0.1) is 6.92 Å². The summed E-state index contributed by atoms with van der Waals surface area (Å²) in [6, 6.07) is 21.9. The van der Waals surface area contributed by atoms with Crippen molar-refractivity contribution in [3.05, 3.63) is 83.9 Å². The molecule has 4 aromatic rings. The second kappa shape index (κ2) is 6.92. The van der Waals surface area contributed by atoms with E-state index in [1.54, 1.807) is 6.08 Å². The molecular formula is C23H18N2O2. The molecule has 0 radical (unpaired) electrons. The van der Waals surface area contributed by atoms with Crippen LogP contribution < -0.4 is 5.32 Å². The van der Waals surface area contributed by atoms with Gasteiger partial charge in [0.15, 0.2) is 0 Å². The SMILES string of the molecule is Cc1cccc2c(Nc3ccc(/C=C/C(=O)O)cc3)c3ccccc3nc12. The summed E-state index contributed by atoms with van der Waals surface area (Å²) in [5.41, 5.74) is 5.86. The number of carboxylic acid groups (broad SMARTS) is 1. The second-order valence-electron chi connectivity index (χ2n) is 6.39. The van der Waals surface area contributed by atoms with Crippen molar-refractivity contribution in [2.75, 3.05) is 5.32 Å². The van der Waals surface area contributed by atoms with E-state index in [4.69, 9.17) is 10.1 Å². The van der Waals surface area contributed by atoms with Crippen LogP contribution in [0.4, 0.5) is 11.4 Å². The number of aromatic nitrogens is 1. The van der Waals surface area contributed by atoms with E-state index in [2.05, 4.69) is 30.4 Å². The van der Waals surface area contributed by atoms with Crippen molar-refractivity contribution in [3.8, 4) is 0 Å². The third-order valence-electron chi connectivity index (χ3n) is 4.51. The van der Waals surface area contributed by atoms with Crippen molar-refractivity contribution in [2.45, 2.75) is 6.92 Å². The molecule has 4 rings (SSSR count). The first-order chi connectivity index (χ1) is 13.1. The summed E-state index contributed by atoms with van der Waals surface area (Å²) in [6.45, 7) is 2.07. The Morgan fingerprint density at radius 1 is 0.963 bits per heavy atom. The predicted octanol–water partition coefficient (Wildman–Crippen LogP) is 5.54. The Morgan fingerprint density at radius 2 is 1.70 bits per heavy atom. The molecule has 2 N–H and O–H groups in total. The highest BCUT2D eigenvalue weighted by Crippen LogP contribution is 2.34. The number of carboxylic acids is 1. The van der Waals surface area contributed by atoms with E-state index in [1.165, 1.54) is 0 Å². The predicted molar refractivity (Wildman–Crippen MR) is 110 cm³/mol. The van der Waals surface area contributed by atoms with Gasteiger partial charge in [-0.25, -0.2) is 9.78 Å². The number of nitrogens with zero attached hydrogens (tertiary/aromatic N) is 1. The maximum absolute atomic E-state index is 10.7. The molecule has 1 heterocycles. The summed E-state index contributed by atoms with van der Waals surface area (Å²) in [4.78, 5) is 15.5. The van der Waals surface area contributed by atoms with E-state index in [-0.39, 0.29) is 0 Å². The van der Waals surface area contributed by atoms with E-state index in [0.717, 1.165) is 50.4 Å². The monoisotopic (exact) mass is 354 g/mol. The van der Waals surface area contributed by atoms with E-state index in [0.29, 0.717) is 0 Å². The molecule has 0 amide bonds. The summed E-state index contributed by atoms with van der Waals surface area (Å²) >= 11 is 0. The Hall–Kier alpha value is -3.66. The fraction of sp³-hybridized carbons (Fsp3) is 0.0435. The first kappa shape index (κ1) is 16.8. The van der Waals surface area contributed by atoms with Crippen molar-refractivity contribution in [1.82, 2.24) is 4.98 Å². The number of hydrogen-bond donors (Lipinski definition) is 2. The van der Waals surface area contributed by atoms with Crippen LogP contribution in [-0.2, 0) is 4.79 Å². The Labute approximate surface area is 156 Å². The molecule has 0 aliphatic rings. The van der Waals surface area contributed by atoms with Crippen molar-refractivity contribution < 1.29 is 9.90 Å². The minimum Gasteiger partial charge on any atom is -0.478 e. The lowest BCUT2D eigenvalue weighted by Crippen LogP contribution is -1.96. The highest BCUT2D eigenvalue weighted by atomic mass is 16.4. The van der Waals surface area contributed by atoms with Gasteiger partial charge in [-0.1, -0.05) is 48.5 Å². The van der Waals surface area contributed by atoms with Crippen LogP contribution in [-0.4, -0.2) is 16.1 Å². The highest BCUT2D eigenvalue weighted by molar-refractivity contribution is 6.09. The lowest BCUT2D eigenvalue weighted by Gasteiger charge is -2.14. The molecule has 3 aromatic carbocycles. The van der Waals surface area contributed by atoms with Gasteiger partial charge in [0, 0.05) is 22.5 Å². The molecule has 0 spiro atoms. The van der Waals surface area contributed by atoms with E-state index in [9.17, 15) is 4.79 Å². The summed E-state index contributed by atoms with van der Waals surface area (Å²) in [6.07, 6.45) is 2.71. The number of anilines is 2. The van der Waals surface area contributed by atoms with Crippen molar-refractivity contribution in [1.29, 1.82) is 0 Å². The molecule has 0 aliphatic carbocycles. The number of para-hydroxylation sites is 2. The quantitative estimate of drug-likeness (QED) is 0.373. The third-order valence-corrected chi connectivity index (χ3v) is 4.51. The molecule has 4 nitrogen and oxygen atoms in total. The van der Waals surface area contributed by atoms with Crippen molar-refractivity contribution in [3.63, 3.8) is 0 Å². The van der Waals surface area contributed by atoms with Crippen molar-refractivity contribution >= 4 is 45.2 Å². The van der Waals surface area contributed by atoms with Crippen LogP contribution in [0.3, 0.4) is 0 Å². The topological polar surface area (TPSA) is 62.2 Å². The van der Waals surface area contributed by atoms with Crippen molar-refractivity contribution in [2.24, 2.45) is 0 Å². The summed E-state index contributed by atoms with van der Waals surface area (Å²) < 4.78 is 0. The standard InChI is InChI=1S/C23H18N2O2/c1-15-5-4-7-19-22(15)25-20-8-3-2-6-18(20)23(19)24-17-12-9-16(10-13-17)11-14-21(26)27/h2-14H,1H3,(H,24,25)(H,26,27)/b14-11+. The van der Waals surface area contributed by atoms with Crippen LogP contribution in [0.5, 0.6) is 0 Å². The molecule has 0 aliphatic heterocycles. The Morgan fingerprint density at radius 3 is 2.48 bits per heavy atom. The smallest absolute Gasteiger partial charge is 0.328 e. The fourth-order valence-electron chi connectivity index (χ4n) is 3.18. The van der Waals surface area contributed by atoms with Gasteiger partial charge >= 0.3 is 5.97 Å². The molecule has 27 heavy (non-hydrogen) atoms. The average Bonchev–Trinajstić information content (AvgIpc) is 2.68. The maximum atomic E-state index is 10.7. The Balaban J connectivity index is 1.80. The lowest BCUT2D eigenvalue weighted by molar-refractivity contribution is -0.131. The van der Waals surface area contributed by atoms with Gasteiger partial charge in [-0.3, -0.25) is 0 Å². The largest absolute Gasteiger partial charge is 0.478 e. The van der Waals surface area contributed by atoms with E-state index >= 15 is 0 Å². The summed E-state index contributed by atoms with van der Waals surface area (Å²) in [5.74, 6) is -0.956. The van der Waals surface area contributed by atoms with Crippen LogP contribution in [0.15, 0.2) is 72.8 Å². The molecule has 4 heteroatoms. The number of carbonyl (C=O) groups is 1.